The van der Waals surface area contributed by atoms with Gasteiger partial charge < -0.3 is 19.5 Å². The van der Waals surface area contributed by atoms with Gasteiger partial charge in [0.25, 0.3) is 5.91 Å². The summed E-state index contributed by atoms with van der Waals surface area (Å²) in [6, 6.07) is 7.78. The van der Waals surface area contributed by atoms with E-state index in [1.807, 2.05) is 29.2 Å². The van der Waals surface area contributed by atoms with E-state index in [4.69, 9.17) is 9.47 Å². The molecule has 0 aromatic heterocycles. The van der Waals surface area contributed by atoms with Gasteiger partial charge in [0, 0.05) is 19.5 Å². The highest BCUT2D eigenvalue weighted by atomic mass is 16.7. The van der Waals surface area contributed by atoms with Crippen molar-refractivity contribution in [2.45, 2.75) is 83.7 Å². The Morgan fingerprint density at radius 3 is 2.29 bits per heavy atom. The Bertz CT molecular complexity index is 730. The van der Waals surface area contributed by atoms with Crippen LogP contribution in [0.4, 0.5) is 0 Å². The largest absolute Gasteiger partial charge is 0.459 e. The zero-order valence-corrected chi connectivity index (χ0v) is 18.6. The number of aliphatic hydroxyl groups excluding tert-OH is 1. The molecule has 1 aromatic rings. The second-order valence-corrected chi connectivity index (χ2v) is 9.37. The van der Waals surface area contributed by atoms with E-state index in [1.165, 1.54) is 44.9 Å². The molecule has 2 atom stereocenters. The van der Waals surface area contributed by atoms with Crippen LogP contribution >= 0.6 is 0 Å². The third-order valence-electron chi connectivity index (χ3n) is 7.09. The number of likely N-dealkylation sites (tertiary alicyclic amines) is 1. The molecule has 170 valence electrons. The molecule has 4 rings (SSSR count). The molecule has 1 aromatic carbocycles. The van der Waals surface area contributed by atoms with Crippen LogP contribution in [0.3, 0.4) is 0 Å². The summed E-state index contributed by atoms with van der Waals surface area (Å²) in [5.74, 6) is 1.54. The fourth-order valence-corrected chi connectivity index (χ4v) is 5.19. The fraction of sp³-hybridized carbons (Fsp3) is 0.654. The zero-order chi connectivity index (χ0) is 21.5. The average Bonchev–Trinajstić information content (AvgIpc) is 3.32. The Morgan fingerprint density at radius 2 is 1.61 bits per heavy atom. The number of amides is 1. The highest BCUT2D eigenvalue weighted by molar-refractivity contribution is 5.91. The molecule has 2 fully saturated rings. The molecule has 1 amide bonds. The van der Waals surface area contributed by atoms with Crippen molar-refractivity contribution in [3.63, 3.8) is 0 Å². The first-order valence-corrected chi connectivity index (χ1v) is 12.2. The van der Waals surface area contributed by atoms with E-state index in [0.29, 0.717) is 24.2 Å². The molecule has 5 nitrogen and oxygen atoms in total. The Hall–Kier alpha value is -1.85. The molecular weight excluding hydrogens is 390 g/mol. The van der Waals surface area contributed by atoms with Crippen LogP contribution in [0.1, 0.15) is 75.3 Å². The summed E-state index contributed by atoms with van der Waals surface area (Å²) >= 11 is 0. The lowest BCUT2D eigenvalue weighted by Crippen LogP contribution is -2.39. The highest BCUT2D eigenvalue weighted by Crippen LogP contribution is 2.38. The van der Waals surface area contributed by atoms with Gasteiger partial charge in [-0.05, 0) is 54.7 Å². The summed E-state index contributed by atoms with van der Waals surface area (Å²) in [5.41, 5.74) is 1.94. The van der Waals surface area contributed by atoms with Gasteiger partial charge in [-0.15, -0.1) is 0 Å². The number of allylic oxidation sites excluding steroid dienone is 1. The predicted octanol–water partition coefficient (Wildman–Crippen LogP) is 4.92. The fourth-order valence-electron chi connectivity index (χ4n) is 5.19. The van der Waals surface area contributed by atoms with Crippen molar-refractivity contribution in [2.24, 2.45) is 11.8 Å². The molecular formula is C26H37NO4. The summed E-state index contributed by atoms with van der Waals surface area (Å²) in [6.45, 7) is 2.15. The normalized spacial score (nSPS) is 25.5. The van der Waals surface area contributed by atoms with Crippen molar-refractivity contribution in [2.75, 3.05) is 13.1 Å². The summed E-state index contributed by atoms with van der Waals surface area (Å²) in [4.78, 5) is 15.3. The number of nitrogens with zero attached hydrogens (tertiary/aromatic N) is 1. The smallest absolute Gasteiger partial charge is 0.288 e. The van der Waals surface area contributed by atoms with Crippen LogP contribution in [0.15, 0.2) is 36.1 Å². The number of ether oxygens (including phenoxy) is 2. The van der Waals surface area contributed by atoms with E-state index < -0.39 is 0 Å². The van der Waals surface area contributed by atoms with Crippen LogP contribution in [0.5, 0.6) is 0 Å². The number of rotatable bonds is 6. The van der Waals surface area contributed by atoms with Gasteiger partial charge in [0.1, 0.15) is 0 Å². The van der Waals surface area contributed by atoms with Crippen LogP contribution in [0.25, 0.3) is 0 Å². The maximum Gasteiger partial charge on any atom is 0.288 e. The molecule has 1 aliphatic carbocycles. The summed E-state index contributed by atoms with van der Waals surface area (Å²) in [6.07, 6.45) is 13.4. The molecule has 1 saturated carbocycles. The molecule has 1 N–H and O–H groups in total. The first kappa shape index (κ1) is 22.3. The van der Waals surface area contributed by atoms with Gasteiger partial charge in [-0.2, -0.15) is 0 Å². The van der Waals surface area contributed by atoms with Gasteiger partial charge in [0.05, 0.1) is 13.2 Å². The summed E-state index contributed by atoms with van der Waals surface area (Å²) < 4.78 is 12.3. The minimum Gasteiger partial charge on any atom is -0.459 e. The quantitative estimate of drug-likeness (QED) is 0.700. The Labute approximate surface area is 186 Å². The maximum atomic E-state index is 13.3. The molecule has 2 heterocycles. The van der Waals surface area contributed by atoms with E-state index in [2.05, 4.69) is 6.08 Å². The van der Waals surface area contributed by atoms with Crippen molar-refractivity contribution in [3.8, 4) is 0 Å². The molecule has 1 saturated heterocycles. The zero-order valence-electron chi connectivity index (χ0n) is 18.6. The number of carbonyl (C=O) groups excluding carboxylic acids is 1. The number of aliphatic hydroxyl groups is 1. The molecule has 5 heteroatoms. The first-order valence-electron chi connectivity index (χ1n) is 12.2. The molecule has 2 aliphatic heterocycles. The molecule has 0 unspecified atom stereocenters. The molecule has 0 bridgehead atoms. The molecule has 0 radical (unpaired) electrons. The second kappa shape index (κ2) is 11.1. The van der Waals surface area contributed by atoms with Gasteiger partial charge >= 0.3 is 0 Å². The maximum absolute atomic E-state index is 13.3. The van der Waals surface area contributed by atoms with Gasteiger partial charge in [0.2, 0.25) is 6.29 Å². The summed E-state index contributed by atoms with van der Waals surface area (Å²) in [7, 11) is 0. The first-order chi connectivity index (χ1) is 15.2. The van der Waals surface area contributed by atoms with Crippen molar-refractivity contribution in [3.05, 3.63) is 47.2 Å². The van der Waals surface area contributed by atoms with E-state index in [0.717, 1.165) is 43.5 Å². The number of hydrogen-bond acceptors (Lipinski definition) is 4. The van der Waals surface area contributed by atoms with Crippen molar-refractivity contribution in [1.29, 1.82) is 0 Å². The van der Waals surface area contributed by atoms with Gasteiger partial charge in [-0.3, -0.25) is 4.79 Å². The molecule has 3 aliphatic rings. The summed E-state index contributed by atoms with van der Waals surface area (Å²) in [5, 5.41) is 9.22. The third-order valence-corrected chi connectivity index (χ3v) is 7.09. The van der Waals surface area contributed by atoms with Crippen LogP contribution in [0, 0.1) is 11.8 Å². The topological polar surface area (TPSA) is 59.0 Å². The number of benzene rings is 1. The molecule has 31 heavy (non-hydrogen) atoms. The monoisotopic (exact) mass is 427 g/mol. The standard InChI is InChI=1S/C26H37NO4/c28-18-20-10-12-21(13-11-20)19-30-25-17-23(22-8-4-5-9-22)16-24(31-25)26(29)27-14-6-2-1-3-7-15-27/h10-13,16,22-23,25,28H,1-9,14-15,17-19H2/t23-,25+/m1/s1. The lowest BCUT2D eigenvalue weighted by atomic mass is 9.86. The van der Waals surface area contributed by atoms with Crippen LogP contribution < -0.4 is 0 Å². The van der Waals surface area contributed by atoms with Crippen molar-refractivity contribution < 1.29 is 19.4 Å². The van der Waals surface area contributed by atoms with Gasteiger partial charge in [-0.1, -0.05) is 56.4 Å². The number of carbonyl (C=O) groups is 1. The average molecular weight is 428 g/mol. The lowest BCUT2D eigenvalue weighted by molar-refractivity contribution is -0.160. The van der Waals surface area contributed by atoms with Crippen molar-refractivity contribution >= 4 is 5.91 Å². The van der Waals surface area contributed by atoms with Crippen molar-refractivity contribution in [1.82, 2.24) is 4.90 Å². The van der Waals surface area contributed by atoms with Crippen LogP contribution in [0.2, 0.25) is 0 Å². The number of hydrogen-bond donors (Lipinski definition) is 1. The second-order valence-electron chi connectivity index (χ2n) is 9.37. The Morgan fingerprint density at radius 1 is 0.968 bits per heavy atom. The van der Waals surface area contributed by atoms with E-state index in [9.17, 15) is 9.90 Å². The van der Waals surface area contributed by atoms with Gasteiger partial charge in [-0.25, -0.2) is 0 Å². The minimum absolute atomic E-state index is 0.0444. The van der Waals surface area contributed by atoms with E-state index in [1.54, 1.807) is 0 Å². The Kier molecular flexibility index (Phi) is 8.03. The predicted molar refractivity (Wildman–Crippen MR) is 120 cm³/mol. The highest BCUT2D eigenvalue weighted by Gasteiger charge is 2.34. The van der Waals surface area contributed by atoms with Gasteiger partial charge in [0.15, 0.2) is 5.76 Å². The minimum atomic E-state index is -0.387. The Balaban J connectivity index is 1.43. The molecule has 0 spiro atoms. The van der Waals surface area contributed by atoms with Crippen LogP contribution in [-0.4, -0.2) is 35.3 Å². The van der Waals surface area contributed by atoms with E-state index in [-0.39, 0.29) is 18.8 Å². The van der Waals surface area contributed by atoms with Crippen LogP contribution in [-0.2, 0) is 27.5 Å². The van der Waals surface area contributed by atoms with E-state index >= 15 is 0 Å². The SMILES string of the molecule is O=C(C1=C[C@@H](C2CCCC2)C[C@@H](OCc2ccc(CO)cc2)O1)N1CCCCCCC1. The third kappa shape index (κ3) is 6.11. The lowest BCUT2D eigenvalue weighted by Gasteiger charge is -2.34.